The number of aliphatic hydroxyl groups excluding tert-OH is 1. The average Bonchev–Trinajstić information content (AvgIpc) is 2.55. The van der Waals surface area contributed by atoms with Gasteiger partial charge in [-0.3, -0.25) is 9.88 Å². The zero-order valence-corrected chi connectivity index (χ0v) is 12.9. The Bertz CT molecular complexity index is 525. The van der Waals surface area contributed by atoms with Crippen molar-refractivity contribution in [3.8, 4) is 0 Å². The molecule has 1 aromatic heterocycles. The van der Waals surface area contributed by atoms with E-state index in [9.17, 15) is 5.11 Å². The number of hydrogen-bond donors (Lipinski definition) is 1. The largest absolute Gasteiger partial charge is 0.387 e. The highest BCUT2D eigenvalue weighted by molar-refractivity contribution is 5.24. The van der Waals surface area contributed by atoms with Crippen LogP contribution in [0.4, 0.5) is 0 Å². The van der Waals surface area contributed by atoms with E-state index in [2.05, 4.69) is 35.9 Å². The van der Waals surface area contributed by atoms with Crippen LogP contribution in [0.5, 0.6) is 0 Å². The van der Waals surface area contributed by atoms with Crippen molar-refractivity contribution in [2.75, 3.05) is 13.1 Å². The summed E-state index contributed by atoms with van der Waals surface area (Å²) in [4.78, 5) is 6.55. The second-order valence-electron chi connectivity index (χ2n) is 5.26. The lowest BCUT2D eigenvalue weighted by Gasteiger charge is -2.23. The first-order chi connectivity index (χ1) is 10.2. The van der Waals surface area contributed by atoms with Crippen LogP contribution in [0.2, 0.25) is 0 Å². The van der Waals surface area contributed by atoms with Crippen LogP contribution < -0.4 is 0 Å². The Morgan fingerprint density at radius 3 is 2.43 bits per heavy atom. The standard InChI is InChI=1S/C18H24N2O/c1-3-15-8-10-16(11-9-15)18(21)14-20(4-2)13-17-7-5-6-12-19-17/h5-12,18,21H,3-4,13-14H2,1-2H3. The number of benzene rings is 1. The molecule has 0 aliphatic carbocycles. The minimum Gasteiger partial charge on any atom is -0.387 e. The summed E-state index contributed by atoms with van der Waals surface area (Å²) < 4.78 is 0. The van der Waals surface area contributed by atoms with E-state index in [1.807, 2.05) is 36.5 Å². The van der Waals surface area contributed by atoms with Gasteiger partial charge in [0.15, 0.2) is 0 Å². The molecule has 3 nitrogen and oxygen atoms in total. The fourth-order valence-electron chi connectivity index (χ4n) is 2.35. The number of likely N-dealkylation sites (N-methyl/N-ethyl adjacent to an activating group) is 1. The second kappa shape index (κ2) is 7.91. The van der Waals surface area contributed by atoms with Gasteiger partial charge in [0.25, 0.3) is 0 Å². The lowest BCUT2D eigenvalue weighted by Crippen LogP contribution is -2.28. The number of rotatable bonds is 7. The molecule has 1 atom stereocenters. The van der Waals surface area contributed by atoms with Gasteiger partial charge in [-0.25, -0.2) is 0 Å². The van der Waals surface area contributed by atoms with Crippen LogP contribution in [0.3, 0.4) is 0 Å². The van der Waals surface area contributed by atoms with Crippen LogP contribution in [0.1, 0.15) is 36.8 Å². The van der Waals surface area contributed by atoms with Gasteiger partial charge >= 0.3 is 0 Å². The summed E-state index contributed by atoms with van der Waals surface area (Å²) in [5.74, 6) is 0. The maximum absolute atomic E-state index is 10.4. The summed E-state index contributed by atoms with van der Waals surface area (Å²) >= 11 is 0. The molecular weight excluding hydrogens is 260 g/mol. The number of aromatic nitrogens is 1. The summed E-state index contributed by atoms with van der Waals surface area (Å²) in [6, 6.07) is 14.2. The molecule has 0 saturated heterocycles. The van der Waals surface area contributed by atoms with Gasteiger partial charge in [0.1, 0.15) is 0 Å². The first kappa shape index (κ1) is 15.7. The first-order valence-corrected chi connectivity index (χ1v) is 7.62. The Morgan fingerprint density at radius 2 is 1.86 bits per heavy atom. The number of aliphatic hydroxyl groups is 1. The van der Waals surface area contributed by atoms with Gasteiger partial charge < -0.3 is 5.11 Å². The molecule has 1 unspecified atom stereocenters. The van der Waals surface area contributed by atoms with E-state index in [4.69, 9.17) is 0 Å². The smallest absolute Gasteiger partial charge is 0.0917 e. The fraction of sp³-hybridized carbons (Fsp3) is 0.389. The van der Waals surface area contributed by atoms with E-state index < -0.39 is 6.10 Å². The Hall–Kier alpha value is -1.71. The molecule has 2 aromatic rings. The van der Waals surface area contributed by atoms with Crippen LogP contribution >= 0.6 is 0 Å². The normalized spacial score (nSPS) is 12.6. The fourth-order valence-corrected chi connectivity index (χ4v) is 2.35. The highest BCUT2D eigenvalue weighted by Gasteiger charge is 2.13. The number of hydrogen-bond acceptors (Lipinski definition) is 3. The van der Waals surface area contributed by atoms with Gasteiger partial charge in [-0.1, -0.05) is 44.2 Å². The minimum atomic E-state index is -0.459. The van der Waals surface area contributed by atoms with Crippen LogP contribution in [-0.4, -0.2) is 28.1 Å². The molecule has 1 heterocycles. The highest BCUT2D eigenvalue weighted by Crippen LogP contribution is 2.16. The Kier molecular flexibility index (Phi) is 5.90. The molecule has 21 heavy (non-hydrogen) atoms. The lowest BCUT2D eigenvalue weighted by atomic mass is 10.1. The van der Waals surface area contributed by atoms with Crippen molar-refractivity contribution >= 4 is 0 Å². The van der Waals surface area contributed by atoms with Crippen LogP contribution in [0.25, 0.3) is 0 Å². The molecule has 1 aromatic carbocycles. The SMILES string of the molecule is CCc1ccc(C(O)CN(CC)Cc2ccccn2)cc1. The van der Waals surface area contributed by atoms with E-state index in [1.165, 1.54) is 5.56 Å². The van der Waals surface area contributed by atoms with Crippen LogP contribution in [0.15, 0.2) is 48.7 Å². The van der Waals surface area contributed by atoms with Crippen molar-refractivity contribution in [2.45, 2.75) is 32.9 Å². The highest BCUT2D eigenvalue weighted by atomic mass is 16.3. The summed E-state index contributed by atoms with van der Waals surface area (Å²) in [5.41, 5.74) is 3.31. The minimum absolute atomic E-state index is 0.459. The Balaban J connectivity index is 1.96. The summed E-state index contributed by atoms with van der Waals surface area (Å²) in [7, 11) is 0. The predicted octanol–water partition coefficient (Wildman–Crippen LogP) is 3.20. The van der Waals surface area contributed by atoms with Crippen molar-refractivity contribution < 1.29 is 5.11 Å². The third-order valence-corrected chi connectivity index (χ3v) is 3.76. The van der Waals surface area contributed by atoms with Crippen molar-refractivity contribution in [3.05, 3.63) is 65.5 Å². The average molecular weight is 284 g/mol. The van der Waals surface area contributed by atoms with Crippen molar-refractivity contribution in [1.82, 2.24) is 9.88 Å². The molecule has 0 aliphatic heterocycles. The van der Waals surface area contributed by atoms with Gasteiger partial charge in [0.2, 0.25) is 0 Å². The third kappa shape index (κ3) is 4.66. The van der Waals surface area contributed by atoms with Gasteiger partial charge in [0.05, 0.1) is 11.8 Å². The van der Waals surface area contributed by atoms with Crippen LogP contribution in [-0.2, 0) is 13.0 Å². The van der Waals surface area contributed by atoms with E-state index >= 15 is 0 Å². The molecule has 2 rings (SSSR count). The molecule has 0 spiro atoms. The molecule has 3 heteroatoms. The van der Waals surface area contributed by atoms with Crippen molar-refractivity contribution in [2.24, 2.45) is 0 Å². The van der Waals surface area contributed by atoms with Crippen molar-refractivity contribution in [1.29, 1.82) is 0 Å². The second-order valence-corrected chi connectivity index (χ2v) is 5.26. The molecule has 0 saturated carbocycles. The molecule has 0 radical (unpaired) electrons. The van der Waals surface area contributed by atoms with Crippen LogP contribution in [0, 0.1) is 0 Å². The van der Waals surface area contributed by atoms with Crippen molar-refractivity contribution in [3.63, 3.8) is 0 Å². The monoisotopic (exact) mass is 284 g/mol. The topological polar surface area (TPSA) is 36.4 Å². The van der Waals surface area contributed by atoms with Gasteiger partial charge in [-0.05, 0) is 36.2 Å². The zero-order chi connectivity index (χ0) is 15.1. The Labute approximate surface area is 127 Å². The maximum Gasteiger partial charge on any atom is 0.0917 e. The molecule has 0 bridgehead atoms. The zero-order valence-electron chi connectivity index (χ0n) is 12.9. The van der Waals surface area contributed by atoms with Gasteiger partial charge in [0, 0.05) is 19.3 Å². The summed E-state index contributed by atoms with van der Waals surface area (Å²) in [6.07, 6.45) is 2.37. The van der Waals surface area contributed by atoms with E-state index in [0.29, 0.717) is 6.54 Å². The quantitative estimate of drug-likeness (QED) is 0.848. The van der Waals surface area contributed by atoms with Gasteiger partial charge in [-0.15, -0.1) is 0 Å². The molecule has 0 amide bonds. The van der Waals surface area contributed by atoms with E-state index in [1.54, 1.807) is 0 Å². The molecule has 112 valence electrons. The van der Waals surface area contributed by atoms with E-state index in [-0.39, 0.29) is 0 Å². The molecule has 0 aliphatic rings. The first-order valence-electron chi connectivity index (χ1n) is 7.62. The number of pyridine rings is 1. The maximum atomic E-state index is 10.4. The van der Waals surface area contributed by atoms with E-state index in [0.717, 1.165) is 30.8 Å². The number of aryl methyl sites for hydroxylation is 1. The summed E-state index contributed by atoms with van der Waals surface area (Å²) in [5, 5.41) is 10.4. The number of nitrogens with zero attached hydrogens (tertiary/aromatic N) is 2. The molecule has 0 fully saturated rings. The molecular formula is C18H24N2O. The molecule has 1 N–H and O–H groups in total. The third-order valence-electron chi connectivity index (χ3n) is 3.76. The van der Waals surface area contributed by atoms with Gasteiger partial charge in [-0.2, -0.15) is 0 Å². The predicted molar refractivity (Wildman–Crippen MR) is 86.0 cm³/mol. The lowest BCUT2D eigenvalue weighted by molar-refractivity contribution is 0.111. The Morgan fingerprint density at radius 1 is 1.10 bits per heavy atom. The summed E-state index contributed by atoms with van der Waals surface area (Å²) in [6.45, 7) is 6.52.